The van der Waals surface area contributed by atoms with Crippen LogP contribution in [-0.4, -0.2) is 6.61 Å². The number of hydrogen-bond acceptors (Lipinski definition) is 2. The van der Waals surface area contributed by atoms with Crippen LogP contribution >= 0.6 is 22.6 Å². The summed E-state index contributed by atoms with van der Waals surface area (Å²) in [6, 6.07) is 12.1. The molecular weight excluding hydrogens is 356 g/mol. The Morgan fingerprint density at radius 3 is 2.47 bits per heavy atom. The highest BCUT2D eigenvalue weighted by molar-refractivity contribution is 14.1. The van der Waals surface area contributed by atoms with E-state index in [1.54, 1.807) is 6.07 Å². The zero-order chi connectivity index (χ0) is 13.8. The minimum absolute atomic E-state index is 0.243. The van der Waals surface area contributed by atoms with Gasteiger partial charge in [0.1, 0.15) is 11.6 Å². The molecule has 0 aromatic heterocycles. The molecule has 0 saturated heterocycles. The Bertz CT molecular complexity index is 557. The molecule has 0 heterocycles. The maximum Gasteiger partial charge on any atom is 0.124 e. The van der Waals surface area contributed by atoms with Crippen LogP contribution in [-0.2, 0) is 0 Å². The standard InChI is InChI=1S/C15H15FINO/c1-2-19-12-6-3-10(4-7-12)15(18)13-8-5-11(16)9-14(13)17/h3-9,15H,2,18H2,1H3. The summed E-state index contributed by atoms with van der Waals surface area (Å²) in [5, 5.41) is 0. The molecule has 0 aliphatic rings. The molecule has 0 radical (unpaired) electrons. The van der Waals surface area contributed by atoms with Gasteiger partial charge in [0.05, 0.1) is 12.6 Å². The summed E-state index contributed by atoms with van der Waals surface area (Å²) >= 11 is 2.10. The lowest BCUT2D eigenvalue weighted by atomic mass is 9.99. The lowest BCUT2D eigenvalue weighted by molar-refractivity contribution is 0.340. The molecular formula is C15H15FINO. The number of benzene rings is 2. The summed E-state index contributed by atoms with van der Waals surface area (Å²) < 4.78 is 19.3. The Balaban J connectivity index is 2.25. The van der Waals surface area contributed by atoms with E-state index < -0.39 is 0 Å². The number of rotatable bonds is 4. The maximum absolute atomic E-state index is 13.1. The zero-order valence-corrected chi connectivity index (χ0v) is 12.7. The first-order valence-electron chi connectivity index (χ1n) is 6.05. The lowest BCUT2D eigenvalue weighted by Gasteiger charge is -2.15. The van der Waals surface area contributed by atoms with Crippen LogP contribution in [0.25, 0.3) is 0 Å². The Morgan fingerprint density at radius 2 is 1.89 bits per heavy atom. The minimum atomic E-state index is -0.261. The first-order valence-corrected chi connectivity index (χ1v) is 7.13. The lowest BCUT2D eigenvalue weighted by Crippen LogP contribution is -2.13. The second kappa shape index (κ2) is 6.34. The van der Waals surface area contributed by atoms with Crippen LogP contribution in [0.5, 0.6) is 5.75 Å². The molecule has 100 valence electrons. The van der Waals surface area contributed by atoms with Gasteiger partial charge in [0, 0.05) is 3.57 Å². The van der Waals surface area contributed by atoms with E-state index in [0.29, 0.717) is 6.61 Å². The minimum Gasteiger partial charge on any atom is -0.494 e. The first kappa shape index (κ1) is 14.3. The Morgan fingerprint density at radius 1 is 1.21 bits per heavy atom. The highest BCUT2D eigenvalue weighted by Gasteiger charge is 2.12. The SMILES string of the molecule is CCOc1ccc(C(N)c2ccc(F)cc2I)cc1. The normalized spacial score (nSPS) is 12.2. The number of nitrogens with two attached hydrogens (primary N) is 1. The van der Waals surface area contributed by atoms with Gasteiger partial charge in [-0.15, -0.1) is 0 Å². The van der Waals surface area contributed by atoms with Crippen LogP contribution in [0, 0.1) is 9.39 Å². The Hall–Kier alpha value is -1.14. The monoisotopic (exact) mass is 371 g/mol. The van der Waals surface area contributed by atoms with Crippen molar-refractivity contribution in [1.82, 2.24) is 0 Å². The summed E-state index contributed by atoms with van der Waals surface area (Å²) in [5.74, 6) is 0.583. The van der Waals surface area contributed by atoms with Gasteiger partial charge < -0.3 is 10.5 Å². The summed E-state index contributed by atoms with van der Waals surface area (Å²) in [4.78, 5) is 0. The molecule has 0 saturated carbocycles. The van der Waals surface area contributed by atoms with Gasteiger partial charge in [0.25, 0.3) is 0 Å². The molecule has 2 rings (SSSR count). The number of halogens is 2. The fourth-order valence-electron chi connectivity index (χ4n) is 1.87. The van der Waals surface area contributed by atoms with Crippen molar-refractivity contribution in [3.63, 3.8) is 0 Å². The van der Waals surface area contributed by atoms with Crippen LogP contribution in [0.3, 0.4) is 0 Å². The van der Waals surface area contributed by atoms with Gasteiger partial charge in [0.15, 0.2) is 0 Å². The van der Waals surface area contributed by atoms with E-state index in [2.05, 4.69) is 22.6 Å². The van der Waals surface area contributed by atoms with Crippen LogP contribution in [0.4, 0.5) is 4.39 Å². The second-order valence-corrected chi connectivity index (χ2v) is 5.31. The topological polar surface area (TPSA) is 35.2 Å². The van der Waals surface area contributed by atoms with Gasteiger partial charge in [-0.05, 0) is 64.9 Å². The van der Waals surface area contributed by atoms with E-state index in [4.69, 9.17) is 10.5 Å². The van der Waals surface area contributed by atoms with E-state index in [-0.39, 0.29) is 11.9 Å². The summed E-state index contributed by atoms with van der Waals surface area (Å²) in [6.07, 6.45) is 0. The van der Waals surface area contributed by atoms with Crippen LogP contribution in [0.2, 0.25) is 0 Å². The molecule has 1 atom stereocenters. The van der Waals surface area contributed by atoms with Crippen molar-refractivity contribution in [2.45, 2.75) is 13.0 Å². The average molecular weight is 371 g/mol. The summed E-state index contributed by atoms with van der Waals surface area (Å²) in [5.41, 5.74) is 8.13. The van der Waals surface area contributed by atoms with Gasteiger partial charge >= 0.3 is 0 Å². The van der Waals surface area contributed by atoms with Gasteiger partial charge in [-0.2, -0.15) is 0 Å². The fraction of sp³-hybridized carbons (Fsp3) is 0.200. The van der Waals surface area contributed by atoms with Crippen molar-refractivity contribution in [2.24, 2.45) is 5.73 Å². The summed E-state index contributed by atoms with van der Waals surface area (Å²) in [7, 11) is 0. The Labute approximate surface area is 125 Å². The predicted molar refractivity (Wildman–Crippen MR) is 82.8 cm³/mol. The third-order valence-corrected chi connectivity index (χ3v) is 3.78. The van der Waals surface area contributed by atoms with E-state index in [0.717, 1.165) is 20.4 Å². The molecule has 4 heteroatoms. The molecule has 0 fully saturated rings. The molecule has 2 N–H and O–H groups in total. The first-order chi connectivity index (χ1) is 9.11. The largest absolute Gasteiger partial charge is 0.494 e. The van der Waals surface area contributed by atoms with Gasteiger partial charge in [-0.25, -0.2) is 4.39 Å². The fourth-order valence-corrected chi connectivity index (χ4v) is 2.68. The molecule has 2 aromatic rings. The predicted octanol–water partition coefficient (Wildman–Crippen LogP) is 3.88. The summed E-state index contributed by atoms with van der Waals surface area (Å²) in [6.45, 7) is 2.59. The molecule has 0 bridgehead atoms. The van der Waals surface area contributed by atoms with Crippen molar-refractivity contribution < 1.29 is 9.13 Å². The maximum atomic E-state index is 13.1. The van der Waals surface area contributed by atoms with Crippen molar-refractivity contribution in [2.75, 3.05) is 6.61 Å². The molecule has 2 aromatic carbocycles. The highest BCUT2D eigenvalue weighted by Crippen LogP contribution is 2.26. The van der Waals surface area contributed by atoms with Crippen molar-refractivity contribution in [3.8, 4) is 5.75 Å². The van der Waals surface area contributed by atoms with Gasteiger partial charge in [-0.3, -0.25) is 0 Å². The van der Waals surface area contributed by atoms with E-state index in [1.807, 2.05) is 31.2 Å². The van der Waals surface area contributed by atoms with Crippen LogP contribution < -0.4 is 10.5 Å². The molecule has 0 amide bonds. The van der Waals surface area contributed by atoms with Crippen LogP contribution in [0.1, 0.15) is 24.1 Å². The average Bonchev–Trinajstić information content (AvgIpc) is 2.39. The van der Waals surface area contributed by atoms with Crippen molar-refractivity contribution >= 4 is 22.6 Å². The Kier molecular flexibility index (Phi) is 4.76. The second-order valence-electron chi connectivity index (χ2n) is 4.15. The zero-order valence-electron chi connectivity index (χ0n) is 10.6. The van der Waals surface area contributed by atoms with Gasteiger partial charge in [-0.1, -0.05) is 18.2 Å². The smallest absolute Gasteiger partial charge is 0.124 e. The van der Waals surface area contributed by atoms with Crippen LogP contribution in [0.15, 0.2) is 42.5 Å². The third kappa shape index (κ3) is 3.45. The molecule has 1 unspecified atom stereocenters. The van der Waals surface area contributed by atoms with E-state index >= 15 is 0 Å². The van der Waals surface area contributed by atoms with E-state index in [9.17, 15) is 4.39 Å². The quantitative estimate of drug-likeness (QED) is 0.829. The third-order valence-electron chi connectivity index (χ3n) is 2.85. The number of ether oxygens (including phenoxy) is 1. The van der Waals surface area contributed by atoms with Crippen molar-refractivity contribution in [3.05, 3.63) is 63.0 Å². The molecule has 0 spiro atoms. The van der Waals surface area contributed by atoms with Gasteiger partial charge in [0.2, 0.25) is 0 Å². The highest BCUT2D eigenvalue weighted by atomic mass is 127. The van der Waals surface area contributed by atoms with E-state index in [1.165, 1.54) is 12.1 Å². The van der Waals surface area contributed by atoms with Crippen molar-refractivity contribution in [1.29, 1.82) is 0 Å². The molecule has 0 aliphatic heterocycles. The molecule has 2 nitrogen and oxygen atoms in total. The number of hydrogen-bond donors (Lipinski definition) is 1. The molecule has 0 aliphatic carbocycles. The molecule has 19 heavy (non-hydrogen) atoms.